The summed E-state index contributed by atoms with van der Waals surface area (Å²) in [6, 6.07) is 12.5. The lowest BCUT2D eigenvalue weighted by Crippen LogP contribution is -3.00. The number of nitriles is 2. The van der Waals surface area contributed by atoms with Crippen LogP contribution in [0.5, 0.6) is 0 Å². The number of anilines is 2. The van der Waals surface area contributed by atoms with E-state index in [4.69, 9.17) is 23.2 Å². The van der Waals surface area contributed by atoms with Gasteiger partial charge in [0.05, 0.1) is 49.4 Å². The van der Waals surface area contributed by atoms with Gasteiger partial charge in [0, 0.05) is 35.3 Å². The summed E-state index contributed by atoms with van der Waals surface area (Å²) in [5, 5.41) is 19.7. The molecule has 0 amide bonds. The van der Waals surface area contributed by atoms with Gasteiger partial charge in [-0.05, 0) is 63.1 Å². The summed E-state index contributed by atoms with van der Waals surface area (Å²) < 4.78 is 4.51. The normalized spacial score (nSPS) is 13.7. The van der Waals surface area contributed by atoms with Crippen LogP contribution in [0.4, 0.5) is 11.4 Å². The Kier molecular flexibility index (Phi) is 10.1. The van der Waals surface area contributed by atoms with Crippen LogP contribution < -0.4 is 38.3 Å². The Balaban J connectivity index is 0.00000400. The van der Waals surface area contributed by atoms with E-state index in [9.17, 15) is 10.5 Å². The number of fused-ring (bicyclic) bond motifs is 2. The zero-order valence-corrected chi connectivity index (χ0v) is 25.8. The average Bonchev–Trinajstić information content (AvgIpc) is 3.34. The van der Waals surface area contributed by atoms with Crippen molar-refractivity contribution in [2.45, 2.75) is 53.6 Å². The molecule has 4 rings (SSSR count). The van der Waals surface area contributed by atoms with Crippen molar-refractivity contribution in [2.24, 2.45) is 0 Å². The summed E-state index contributed by atoms with van der Waals surface area (Å²) in [6.45, 7) is 11.7. The maximum Gasteiger partial charge on any atom is 0.282 e. The highest BCUT2D eigenvalue weighted by Gasteiger charge is 2.30. The number of halogens is 3. The summed E-state index contributed by atoms with van der Waals surface area (Å²) in [5.74, 6) is 2.14. The topological polar surface area (TPSA) is 62.9 Å². The Hall–Kier alpha value is -2.72. The number of aryl methyl sites for hydroxylation is 2. The minimum Gasteiger partial charge on any atom is -1.00 e. The van der Waals surface area contributed by atoms with Crippen LogP contribution in [-0.4, -0.2) is 17.7 Å². The fourth-order valence-corrected chi connectivity index (χ4v) is 5.64. The van der Waals surface area contributed by atoms with E-state index in [0.29, 0.717) is 10.0 Å². The lowest BCUT2D eigenvalue weighted by Gasteiger charge is -2.23. The van der Waals surface area contributed by atoms with Crippen LogP contribution in [-0.2, 0) is 25.9 Å². The van der Waals surface area contributed by atoms with Gasteiger partial charge in [0.2, 0.25) is 0 Å². The van der Waals surface area contributed by atoms with E-state index in [1.54, 1.807) is 0 Å². The molecule has 0 aliphatic carbocycles. The van der Waals surface area contributed by atoms with Gasteiger partial charge < -0.3 is 33.8 Å². The summed E-state index contributed by atoms with van der Waals surface area (Å²) >= 11 is 13.0. The van der Waals surface area contributed by atoms with E-state index in [2.05, 4.69) is 77.0 Å². The lowest BCUT2D eigenvalue weighted by molar-refractivity contribution is -0.670. The second kappa shape index (κ2) is 12.9. The molecule has 0 saturated carbocycles. The van der Waals surface area contributed by atoms with E-state index in [0.717, 1.165) is 71.4 Å². The molecule has 1 aliphatic rings. The van der Waals surface area contributed by atoms with E-state index in [1.165, 1.54) is 0 Å². The zero-order valence-electron chi connectivity index (χ0n) is 22.1. The number of rotatable bonds is 8. The van der Waals surface area contributed by atoms with Gasteiger partial charge in [-0.3, -0.25) is 0 Å². The molecule has 2 aromatic carbocycles. The second-order valence-corrected chi connectivity index (χ2v) is 9.57. The lowest BCUT2D eigenvalue weighted by atomic mass is 10.1. The smallest absolute Gasteiger partial charge is 0.282 e. The molecule has 2 heterocycles. The number of hydrogen-bond acceptors (Lipinski definition) is 4. The first-order valence-corrected chi connectivity index (χ1v) is 13.4. The molecule has 3 aromatic rings. The van der Waals surface area contributed by atoms with Crippen molar-refractivity contribution in [3.63, 3.8) is 0 Å². The molecule has 0 spiro atoms. The van der Waals surface area contributed by atoms with Crippen LogP contribution in [0, 0.1) is 22.7 Å². The molecule has 0 fully saturated rings. The quantitative estimate of drug-likeness (QED) is 0.274. The number of benzene rings is 2. The first kappa shape index (κ1) is 29.8. The molecular formula is C29H31Cl2IN6. The maximum atomic E-state index is 9.21. The molecule has 198 valence electrons. The second-order valence-electron chi connectivity index (χ2n) is 8.75. The molecule has 0 unspecified atom stereocenters. The highest BCUT2D eigenvalue weighted by molar-refractivity contribution is 6.32. The predicted octanol–water partition coefficient (Wildman–Crippen LogP) is 3.63. The van der Waals surface area contributed by atoms with Crippen molar-refractivity contribution in [3.05, 3.63) is 69.2 Å². The number of aromatic nitrogens is 2. The fourth-order valence-electron chi connectivity index (χ4n) is 5.19. The monoisotopic (exact) mass is 660 g/mol. The molecule has 0 radical (unpaired) electrons. The molecule has 0 N–H and O–H groups in total. The highest BCUT2D eigenvalue weighted by Crippen LogP contribution is 2.44. The summed E-state index contributed by atoms with van der Waals surface area (Å²) in [6.07, 6.45) is 6.93. The van der Waals surface area contributed by atoms with E-state index < -0.39 is 0 Å². The Bertz CT molecular complexity index is 1490. The van der Waals surface area contributed by atoms with Gasteiger partial charge in [-0.1, -0.05) is 29.3 Å². The zero-order chi connectivity index (χ0) is 26.7. The molecule has 1 aliphatic heterocycles. The van der Waals surface area contributed by atoms with Crippen LogP contribution in [0.1, 0.15) is 44.6 Å². The van der Waals surface area contributed by atoms with Crippen LogP contribution >= 0.6 is 23.2 Å². The number of imidazole rings is 1. The molecule has 6 nitrogen and oxygen atoms in total. The molecule has 0 saturated heterocycles. The van der Waals surface area contributed by atoms with Crippen LogP contribution in [0.2, 0.25) is 10.0 Å². The van der Waals surface area contributed by atoms with Crippen molar-refractivity contribution in [1.82, 2.24) is 4.57 Å². The fraction of sp³-hybridized carbons (Fsp3) is 0.345. The predicted molar refractivity (Wildman–Crippen MR) is 152 cm³/mol. The molecule has 9 heteroatoms. The third-order valence-electron chi connectivity index (χ3n) is 6.85. The van der Waals surface area contributed by atoms with Gasteiger partial charge in [0.25, 0.3) is 5.82 Å². The first-order chi connectivity index (χ1) is 17.9. The standard InChI is InChI=1S/C29H31Cl2N6.HI/c1-5-34-24-16-20(12-14-32)22(30)18-26(24)36(7-3)28(34)10-9-11-29-35(6-2)25-17-21(13-15-33)23(31)19-27(25)37(29)8-4;/h9-11,16-19H,5-8,12-13H2,1-4H3;1H/q+1;/p-1. The summed E-state index contributed by atoms with van der Waals surface area (Å²) in [7, 11) is 0. The van der Waals surface area contributed by atoms with Gasteiger partial charge in [0.15, 0.2) is 11.0 Å². The summed E-state index contributed by atoms with van der Waals surface area (Å²) in [5.41, 5.74) is 5.96. The Morgan fingerprint density at radius 1 is 0.842 bits per heavy atom. The minimum absolute atomic E-state index is 0. The maximum absolute atomic E-state index is 9.21. The van der Waals surface area contributed by atoms with Gasteiger partial charge in [-0.2, -0.15) is 10.5 Å². The van der Waals surface area contributed by atoms with E-state index in [-0.39, 0.29) is 36.8 Å². The average molecular weight is 661 g/mol. The largest absolute Gasteiger partial charge is 1.00 e. The third-order valence-corrected chi connectivity index (χ3v) is 7.55. The van der Waals surface area contributed by atoms with Crippen molar-refractivity contribution in [2.75, 3.05) is 22.9 Å². The highest BCUT2D eigenvalue weighted by atomic mass is 127. The van der Waals surface area contributed by atoms with Crippen molar-refractivity contribution < 1.29 is 28.5 Å². The SMILES string of the molecule is CCN1/C(=C\C=C\c2n(CC)c3cc(CC#N)c(Cl)cc3[n+]2CC)N(CC)c2cc(CC#N)c(Cl)cc21.[I-]. The third kappa shape index (κ3) is 5.25. The van der Waals surface area contributed by atoms with Crippen molar-refractivity contribution in [1.29, 1.82) is 10.5 Å². The van der Waals surface area contributed by atoms with Crippen LogP contribution in [0.25, 0.3) is 17.1 Å². The molecule has 0 bridgehead atoms. The van der Waals surface area contributed by atoms with Gasteiger partial charge >= 0.3 is 0 Å². The Morgan fingerprint density at radius 3 is 1.97 bits per heavy atom. The first-order valence-electron chi connectivity index (χ1n) is 12.7. The van der Waals surface area contributed by atoms with Gasteiger partial charge in [0.1, 0.15) is 5.82 Å². The van der Waals surface area contributed by atoms with E-state index >= 15 is 0 Å². The number of allylic oxidation sites excluding steroid dienone is 2. The molecular weight excluding hydrogens is 630 g/mol. The minimum atomic E-state index is 0. The summed E-state index contributed by atoms with van der Waals surface area (Å²) in [4.78, 5) is 4.51. The van der Waals surface area contributed by atoms with Gasteiger partial charge in [-0.15, -0.1) is 0 Å². The Morgan fingerprint density at radius 2 is 1.42 bits per heavy atom. The molecule has 0 atom stereocenters. The van der Waals surface area contributed by atoms with Crippen LogP contribution in [0.15, 0.2) is 42.2 Å². The van der Waals surface area contributed by atoms with Crippen molar-refractivity contribution >= 4 is 51.7 Å². The molecule has 38 heavy (non-hydrogen) atoms. The Labute approximate surface area is 252 Å². The van der Waals surface area contributed by atoms with Crippen LogP contribution in [0.3, 0.4) is 0 Å². The number of hydrogen-bond donors (Lipinski definition) is 0. The molecule has 1 aromatic heterocycles. The van der Waals surface area contributed by atoms with E-state index in [1.807, 2.05) is 24.3 Å². The number of nitrogens with zero attached hydrogens (tertiary/aromatic N) is 6. The van der Waals surface area contributed by atoms with Crippen molar-refractivity contribution in [3.8, 4) is 12.1 Å². The van der Waals surface area contributed by atoms with Gasteiger partial charge in [-0.25, -0.2) is 9.13 Å².